The Balaban J connectivity index is 2.34. The zero-order valence-electron chi connectivity index (χ0n) is 13.8. The third-order valence-corrected chi connectivity index (χ3v) is 4.80. The highest BCUT2D eigenvalue weighted by atomic mass is 79.9. The lowest BCUT2D eigenvalue weighted by molar-refractivity contribution is 0.406. The van der Waals surface area contributed by atoms with Crippen molar-refractivity contribution in [3.63, 3.8) is 0 Å². The van der Waals surface area contributed by atoms with Crippen molar-refractivity contribution in [1.82, 2.24) is 4.90 Å². The van der Waals surface area contributed by atoms with E-state index in [1.807, 2.05) is 36.4 Å². The summed E-state index contributed by atoms with van der Waals surface area (Å²) >= 11 is 3.47. The summed E-state index contributed by atoms with van der Waals surface area (Å²) in [5.74, 6) is -1.24. The molecule has 1 heterocycles. The molecule has 128 valence electrons. The first kappa shape index (κ1) is 17.4. The van der Waals surface area contributed by atoms with Gasteiger partial charge in [-0.3, -0.25) is 0 Å². The zero-order valence-corrected chi connectivity index (χ0v) is 15.4. The van der Waals surface area contributed by atoms with E-state index in [0.717, 1.165) is 10.0 Å². The number of hydrogen-bond acceptors (Lipinski definition) is 2. The second-order valence-electron chi connectivity index (χ2n) is 5.59. The Kier molecular flexibility index (Phi) is 4.77. The van der Waals surface area contributed by atoms with Crippen molar-refractivity contribution in [2.45, 2.75) is 0 Å². The molecular weight excluding hydrogens is 388 g/mol. The Hall–Kier alpha value is -2.40. The molecule has 2 aromatic carbocycles. The van der Waals surface area contributed by atoms with Crippen LogP contribution in [0.4, 0.5) is 8.78 Å². The first-order valence-electron chi connectivity index (χ1n) is 7.57. The third kappa shape index (κ3) is 3.12. The van der Waals surface area contributed by atoms with E-state index in [9.17, 15) is 8.78 Å². The van der Waals surface area contributed by atoms with Crippen molar-refractivity contribution in [1.29, 1.82) is 0 Å². The summed E-state index contributed by atoms with van der Waals surface area (Å²) in [4.78, 5) is 1.68. The monoisotopic (exact) mass is 403 g/mol. The molecule has 1 aliphatic rings. The quantitative estimate of drug-likeness (QED) is 0.663. The third-order valence-electron chi connectivity index (χ3n) is 4.12. The first-order chi connectivity index (χ1) is 11.9. The van der Waals surface area contributed by atoms with Crippen LogP contribution in [0.3, 0.4) is 0 Å². The van der Waals surface area contributed by atoms with Gasteiger partial charge in [-0.1, -0.05) is 36.9 Å². The molecule has 3 rings (SSSR count). The molecule has 0 amide bonds. The predicted molar refractivity (Wildman–Crippen MR) is 100 cm³/mol. The first-order valence-corrected chi connectivity index (χ1v) is 8.36. The molecule has 0 saturated carbocycles. The van der Waals surface area contributed by atoms with E-state index in [2.05, 4.69) is 22.5 Å². The van der Waals surface area contributed by atoms with Crippen molar-refractivity contribution < 1.29 is 13.5 Å². The highest BCUT2D eigenvalue weighted by Gasteiger charge is 2.27. The fourth-order valence-electron chi connectivity index (χ4n) is 2.79. The van der Waals surface area contributed by atoms with Crippen LogP contribution in [0, 0.1) is 11.6 Å². The Morgan fingerprint density at radius 2 is 1.68 bits per heavy atom. The van der Waals surface area contributed by atoms with Crippen LogP contribution >= 0.6 is 15.9 Å². The van der Waals surface area contributed by atoms with Gasteiger partial charge in [0.2, 0.25) is 0 Å². The average molecular weight is 404 g/mol. The number of rotatable bonds is 3. The number of methoxy groups -OCH3 is 1. The van der Waals surface area contributed by atoms with Crippen LogP contribution in [0.15, 0.2) is 65.3 Å². The fraction of sp³-hybridized carbons (Fsp3) is 0.100. The molecule has 0 bridgehead atoms. The van der Waals surface area contributed by atoms with E-state index in [0.29, 0.717) is 17.0 Å². The van der Waals surface area contributed by atoms with Gasteiger partial charge in [-0.2, -0.15) is 0 Å². The molecule has 1 aliphatic heterocycles. The second-order valence-corrected chi connectivity index (χ2v) is 6.45. The lowest BCUT2D eigenvalue weighted by Crippen LogP contribution is -2.22. The summed E-state index contributed by atoms with van der Waals surface area (Å²) in [6.45, 7) is 3.98. The summed E-state index contributed by atoms with van der Waals surface area (Å²) in [6.07, 6.45) is 1.83. The van der Waals surface area contributed by atoms with E-state index in [4.69, 9.17) is 4.74 Å². The molecule has 0 aliphatic carbocycles. The van der Waals surface area contributed by atoms with E-state index in [1.165, 1.54) is 19.2 Å². The highest BCUT2D eigenvalue weighted by Crippen LogP contribution is 2.42. The molecule has 0 atom stereocenters. The number of benzene rings is 2. The largest absolute Gasteiger partial charge is 0.497 e. The van der Waals surface area contributed by atoms with Gasteiger partial charge in [-0.05, 0) is 27.6 Å². The maximum absolute atomic E-state index is 14.7. The number of halogens is 3. The lowest BCUT2D eigenvalue weighted by Gasteiger charge is -2.31. The molecule has 0 spiro atoms. The summed E-state index contributed by atoms with van der Waals surface area (Å²) in [6, 6.07) is 11.8. The molecule has 2 nitrogen and oxygen atoms in total. The molecule has 2 aromatic rings. The average Bonchev–Trinajstić information content (AvgIpc) is 2.61. The number of ether oxygens (including phenoxy) is 1. The topological polar surface area (TPSA) is 12.5 Å². The maximum Gasteiger partial charge on any atom is 0.139 e. The molecule has 0 saturated heterocycles. The van der Waals surface area contributed by atoms with Crippen LogP contribution in [0.2, 0.25) is 0 Å². The van der Waals surface area contributed by atoms with Crippen LogP contribution in [0.1, 0.15) is 11.1 Å². The smallest absolute Gasteiger partial charge is 0.139 e. The standard InChI is InChI=1S/C20H16BrF2NO/c1-12-16(21)11-15(13-7-5-4-6-8-13)20(24(12)2)19-17(22)9-14(25-3)10-18(19)23/h4-11H,1H2,2-3H3. The van der Waals surface area contributed by atoms with E-state index >= 15 is 0 Å². The van der Waals surface area contributed by atoms with Crippen LogP contribution in [0.5, 0.6) is 5.75 Å². The van der Waals surface area contributed by atoms with Crippen molar-refractivity contribution in [3.8, 4) is 5.75 Å². The molecule has 0 fully saturated rings. The number of hydrogen-bond donors (Lipinski definition) is 0. The van der Waals surface area contributed by atoms with Gasteiger partial charge in [0.05, 0.1) is 18.4 Å². The summed E-state index contributed by atoms with van der Waals surface area (Å²) < 4.78 is 35.2. The van der Waals surface area contributed by atoms with Gasteiger partial charge >= 0.3 is 0 Å². The molecular formula is C20H16BrF2NO. The van der Waals surface area contributed by atoms with Crippen molar-refractivity contribution >= 4 is 27.2 Å². The van der Waals surface area contributed by atoms with Gasteiger partial charge in [0, 0.05) is 34.9 Å². The number of likely N-dealkylation sites (N-methyl/N-ethyl adjacent to an activating group) is 1. The van der Waals surface area contributed by atoms with Crippen LogP contribution in [-0.2, 0) is 0 Å². The summed E-state index contributed by atoms with van der Waals surface area (Å²) in [5, 5.41) is 0. The molecule has 0 aromatic heterocycles. The van der Waals surface area contributed by atoms with Crippen LogP contribution in [0.25, 0.3) is 11.3 Å². The summed E-state index contributed by atoms with van der Waals surface area (Å²) in [5.41, 5.74) is 2.47. The summed E-state index contributed by atoms with van der Waals surface area (Å²) in [7, 11) is 3.11. The predicted octanol–water partition coefficient (Wildman–Crippen LogP) is 5.58. The molecule has 0 unspecified atom stereocenters. The fourth-order valence-corrected chi connectivity index (χ4v) is 3.28. The second kappa shape index (κ2) is 6.84. The maximum atomic E-state index is 14.7. The minimum absolute atomic E-state index is 0.112. The van der Waals surface area contributed by atoms with E-state index in [1.54, 1.807) is 11.9 Å². The Morgan fingerprint density at radius 3 is 2.24 bits per heavy atom. The van der Waals surface area contributed by atoms with Gasteiger partial charge in [-0.15, -0.1) is 0 Å². The zero-order chi connectivity index (χ0) is 18.1. The number of allylic oxidation sites excluding steroid dienone is 3. The van der Waals surface area contributed by atoms with Gasteiger partial charge in [0.15, 0.2) is 0 Å². The van der Waals surface area contributed by atoms with E-state index in [-0.39, 0.29) is 11.3 Å². The Morgan fingerprint density at radius 1 is 1.08 bits per heavy atom. The SMILES string of the molecule is C=C1C(Br)=CC(c2ccccc2)=C(c2c(F)cc(OC)cc2F)N1C. The minimum Gasteiger partial charge on any atom is -0.497 e. The lowest BCUT2D eigenvalue weighted by atomic mass is 9.94. The van der Waals surface area contributed by atoms with Crippen molar-refractivity contribution in [2.75, 3.05) is 14.2 Å². The van der Waals surface area contributed by atoms with Crippen molar-refractivity contribution in [2.24, 2.45) is 0 Å². The van der Waals surface area contributed by atoms with Gasteiger partial charge in [0.25, 0.3) is 0 Å². The minimum atomic E-state index is -0.689. The molecule has 0 N–H and O–H groups in total. The molecule has 0 radical (unpaired) electrons. The highest BCUT2D eigenvalue weighted by molar-refractivity contribution is 9.12. The van der Waals surface area contributed by atoms with Crippen molar-refractivity contribution in [3.05, 3.63) is 88.1 Å². The number of nitrogens with zero attached hydrogens (tertiary/aromatic N) is 1. The van der Waals surface area contributed by atoms with Gasteiger partial charge < -0.3 is 9.64 Å². The molecule has 5 heteroatoms. The Bertz CT molecular complexity index is 880. The molecule has 25 heavy (non-hydrogen) atoms. The van der Waals surface area contributed by atoms with Gasteiger partial charge in [-0.25, -0.2) is 8.78 Å². The van der Waals surface area contributed by atoms with Gasteiger partial charge in [0.1, 0.15) is 17.4 Å². The van der Waals surface area contributed by atoms with Crippen LogP contribution < -0.4 is 4.74 Å². The normalized spacial score (nSPS) is 14.7. The van der Waals surface area contributed by atoms with E-state index < -0.39 is 11.6 Å². The van der Waals surface area contributed by atoms with Crippen LogP contribution in [-0.4, -0.2) is 19.1 Å². The Labute approximate surface area is 153 Å².